The number of ether oxygens (including phenoxy) is 1. The van der Waals surface area contributed by atoms with Crippen LogP contribution in [0.1, 0.15) is 36.8 Å². The molecule has 3 aromatic rings. The first-order chi connectivity index (χ1) is 15.5. The molecule has 174 valence electrons. The van der Waals surface area contributed by atoms with Crippen LogP contribution in [0.5, 0.6) is 5.75 Å². The van der Waals surface area contributed by atoms with Crippen LogP contribution in [-0.2, 0) is 11.3 Å². The van der Waals surface area contributed by atoms with E-state index in [9.17, 15) is 4.79 Å². The smallest absolute Gasteiger partial charge is 0.320 e. The zero-order valence-corrected chi connectivity index (χ0v) is 19.5. The molecule has 0 saturated heterocycles. The summed E-state index contributed by atoms with van der Waals surface area (Å²) < 4.78 is 7.28. The summed E-state index contributed by atoms with van der Waals surface area (Å²) in [5.41, 5.74) is 11.6. The first kappa shape index (κ1) is 24.6. The number of hydrogen-bond acceptors (Lipinski definition) is 4. The van der Waals surface area contributed by atoms with Gasteiger partial charge in [0.25, 0.3) is 0 Å². The Labute approximate surface area is 200 Å². The van der Waals surface area contributed by atoms with Crippen molar-refractivity contribution in [3.63, 3.8) is 0 Å². The fourth-order valence-electron chi connectivity index (χ4n) is 4.23. The molecule has 2 atom stereocenters. The third-order valence-corrected chi connectivity index (χ3v) is 6.13. The summed E-state index contributed by atoms with van der Waals surface area (Å²) >= 11 is 0. The quantitative estimate of drug-likeness (QED) is 0.485. The van der Waals surface area contributed by atoms with Crippen molar-refractivity contribution < 1.29 is 14.6 Å². The van der Waals surface area contributed by atoms with Crippen LogP contribution in [0.15, 0.2) is 67.0 Å². The van der Waals surface area contributed by atoms with Crippen molar-refractivity contribution in [3.8, 4) is 16.9 Å². The largest absolute Gasteiger partial charge is 0.497 e. The van der Waals surface area contributed by atoms with Crippen LogP contribution in [-0.4, -0.2) is 34.0 Å². The maximum Gasteiger partial charge on any atom is 0.320 e. The van der Waals surface area contributed by atoms with E-state index in [0.29, 0.717) is 18.9 Å². The van der Waals surface area contributed by atoms with E-state index >= 15 is 0 Å². The van der Waals surface area contributed by atoms with E-state index in [1.165, 1.54) is 11.1 Å². The van der Waals surface area contributed by atoms with Crippen LogP contribution in [0, 0.1) is 5.92 Å². The van der Waals surface area contributed by atoms with Gasteiger partial charge in [-0.15, -0.1) is 12.4 Å². The van der Waals surface area contributed by atoms with Crippen molar-refractivity contribution in [1.82, 2.24) is 9.78 Å². The number of rotatable bonds is 8. The van der Waals surface area contributed by atoms with E-state index in [2.05, 4.69) is 47.7 Å². The topological polar surface area (TPSA) is 90.4 Å². The highest BCUT2D eigenvalue weighted by atomic mass is 35.5. The minimum absolute atomic E-state index is 0. The Morgan fingerprint density at radius 2 is 2.00 bits per heavy atom. The van der Waals surface area contributed by atoms with Gasteiger partial charge in [-0.1, -0.05) is 42.5 Å². The highest BCUT2D eigenvalue weighted by molar-refractivity contribution is 5.85. The van der Waals surface area contributed by atoms with Gasteiger partial charge in [0.15, 0.2) is 0 Å². The molecule has 1 unspecified atom stereocenters. The van der Waals surface area contributed by atoms with E-state index in [4.69, 9.17) is 15.6 Å². The van der Waals surface area contributed by atoms with Gasteiger partial charge >= 0.3 is 5.97 Å². The number of hydrogen-bond donors (Lipinski definition) is 2. The Morgan fingerprint density at radius 1 is 1.21 bits per heavy atom. The minimum Gasteiger partial charge on any atom is -0.497 e. The average Bonchev–Trinajstić information content (AvgIpc) is 3.28. The molecule has 1 heterocycles. The fourth-order valence-corrected chi connectivity index (χ4v) is 4.23. The molecule has 0 radical (unpaired) electrons. The van der Waals surface area contributed by atoms with Gasteiger partial charge < -0.3 is 15.6 Å². The molecular formula is C26H30ClN3O3. The predicted molar refractivity (Wildman–Crippen MR) is 133 cm³/mol. The predicted octanol–water partition coefficient (Wildman–Crippen LogP) is 5.01. The van der Waals surface area contributed by atoms with Gasteiger partial charge in [-0.3, -0.25) is 9.48 Å². The van der Waals surface area contributed by atoms with Crippen molar-refractivity contribution in [3.05, 3.63) is 78.1 Å². The molecule has 0 bridgehead atoms. The molecule has 1 aromatic heterocycles. The number of halogens is 1. The Bertz CT molecular complexity index is 1110. The van der Waals surface area contributed by atoms with Crippen molar-refractivity contribution in [1.29, 1.82) is 0 Å². The number of nitrogens with two attached hydrogens (primary N) is 1. The van der Waals surface area contributed by atoms with Gasteiger partial charge in [0, 0.05) is 11.8 Å². The van der Waals surface area contributed by atoms with Crippen LogP contribution < -0.4 is 10.5 Å². The monoisotopic (exact) mass is 467 g/mol. The normalized spacial score (nSPS) is 16.4. The average molecular weight is 468 g/mol. The number of aliphatic carboxylic acids is 1. The molecule has 2 aromatic carbocycles. The Morgan fingerprint density at radius 3 is 2.67 bits per heavy atom. The molecule has 0 saturated carbocycles. The first-order valence-electron chi connectivity index (χ1n) is 11.0. The second kappa shape index (κ2) is 11.2. The molecule has 1 aliphatic rings. The Balaban J connectivity index is 0.00000306. The van der Waals surface area contributed by atoms with Gasteiger partial charge in [0.05, 0.1) is 19.9 Å². The summed E-state index contributed by atoms with van der Waals surface area (Å²) in [7, 11) is 1.68. The maximum atomic E-state index is 11.0. The second-order valence-electron chi connectivity index (χ2n) is 8.41. The van der Waals surface area contributed by atoms with Crippen molar-refractivity contribution in [2.75, 3.05) is 7.11 Å². The summed E-state index contributed by atoms with van der Waals surface area (Å²) in [6, 6.07) is 15.8. The van der Waals surface area contributed by atoms with Crippen LogP contribution in [0.3, 0.4) is 0 Å². The molecule has 3 N–H and O–H groups in total. The lowest BCUT2D eigenvalue weighted by atomic mass is 9.84. The zero-order chi connectivity index (χ0) is 22.5. The van der Waals surface area contributed by atoms with E-state index < -0.39 is 12.0 Å². The number of methoxy groups -OCH3 is 1. The highest BCUT2D eigenvalue weighted by Crippen LogP contribution is 2.32. The highest BCUT2D eigenvalue weighted by Gasteiger charge is 2.21. The van der Waals surface area contributed by atoms with E-state index in [0.717, 1.165) is 41.7 Å². The maximum absolute atomic E-state index is 11.0. The number of carboxylic acids is 1. The van der Waals surface area contributed by atoms with E-state index in [1.807, 2.05) is 29.1 Å². The Hall–Kier alpha value is -3.09. The van der Waals surface area contributed by atoms with Crippen LogP contribution in [0.2, 0.25) is 0 Å². The van der Waals surface area contributed by atoms with Crippen molar-refractivity contribution in [2.45, 2.75) is 38.3 Å². The van der Waals surface area contributed by atoms with Crippen LogP contribution in [0.4, 0.5) is 0 Å². The zero-order valence-electron chi connectivity index (χ0n) is 18.7. The fraction of sp³-hybridized carbons (Fsp3) is 0.308. The standard InChI is InChI=1S/C26H29N3O3.ClH/c1-32-24-4-2-3-22(14-24)20-11-7-19(8-12-20)16-29-17-23(15-28-29)21-9-5-18(6-10-21)13-25(27)26(30)31;/h2-4,7-9,11-12,14-15,17-18,25H,5-6,10,13,16,27H2,1H3,(H,30,31);1H/t18?,25-;/m0./s1. The molecule has 33 heavy (non-hydrogen) atoms. The van der Waals surface area contributed by atoms with Gasteiger partial charge in [-0.05, 0) is 66.0 Å². The lowest BCUT2D eigenvalue weighted by Crippen LogP contribution is -2.32. The number of carbonyl (C=O) groups is 1. The summed E-state index contributed by atoms with van der Waals surface area (Å²) in [4.78, 5) is 11.0. The summed E-state index contributed by atoms with van der Waals surface area (Å²) in [6.45, 7) is 0.710. The van der Waals surface area contributed by atoms with Gasteiger partial charge in [-0.25, -0.2) is 0 Å². The molecule has 1 aliphatic carbocycles. The SMILES string of the molecule is COc1cccc(-c2ccc(Cn3cc(C4=CCC(C[C@H](N)C(=O)O)CC4)cn3)cc2)c1.Cl. The third-order valence-electron chi connectivity index (χ3n) is 6.13. The minimum atomic E-state index is -0.919. The van der Waals surface area contributed by atoms with E-state index in [-0.39, 0.29) is 12.4 Å². The number of nitrogens with zero attached hydrogens (tertiary/aromatic N) is 2. The van der Waals surface area contributed by atoms with Gasteiger partial charge in [-0.2, -0.15) is 5.10 Å². The lowest BCUT2D eigenvalue weighted by Gasteiger charge is -2.22. The summed E-state index contributed by atoms with van der Waals surface area (Å²) in [5, 5.41) is 13.5. The number of allylic oxidation sites excluding steroid dienone is 2. The molecule has 7 heteroatoms. The lowest BCUT2D eigenvalue weighted by molar-refractivity contribution is -0.138. The van der Waals surface area contributed by atoms with E-state index in [1.54, 1.807) is 7.11 Å². The van der Waals surface area contributed by atoms with Crippen molar-refractivity contribution >= 4 is 23.9 Å². The van der Waals surface area contributed by atoms with Gasteiger partial charge in [0.2, 0.25) is 0 Å². The third kappa shape index (κ3) is 6.24. The number of benzene rings is 2. The molecule has 0 fully saturated rings. The molecular weight excluding hydrogens is 438 g/mol. The van der Waals surface area contributed by atoms with Crippen LogP contribution in [0.25, 0.3) is 16.7 Å². The Kier molecular flexibility index (Phi) is 8.31. The molecule has 4 rings (SSSR count). The second-order valence-corrected chi connectivity index (χ2v) is 8.41. The summed E-state index contributed by atoms with van der Waals surface area (Å²) in [6.07, 6.45) is 9.51. The number of carboxylic acid groups (broad SMARTS) is 1. The van der Waals surface area contributed by atoms with Gasteiger partial charge in [0.1, 0.15) is 11.8 Å². The number of aromatic nitrogens is 2. The summed E-state index contributed by atoms with van der Waals surface area (Å²) in [5.74, 6) is 0.268. The van der Waals surface area contributed by atoms with Crippen LogP contribution >= 0.6 is 12.4 Å². The first-order valence-corrected chi connectivity index (χ1v) is 11.0. The molecule has 0 aliphatic heterocycles. The van der Waals surface area contributed by atoms with Crippen molar-refractivity contribution in [2.24, 2.45) is 11.7 Å². The molecule has 0 amide bonds. The molecule has 6 nitrogen and oxygen atoms in total. The molecule has 0 spiro atoms.